The quantitative estimate of drug-likeness (QED) is 0.765. The maximum Gasteiger partial charge on any atom is 0.206 e. The predicted molar refractivity (Wildman–Crippen MR) is 70.8 cm³/mol. The summed E-state index contributed by atoms with van der Waals surface area (Å²) < 4.78 is 5.39. The Kier molecular flexibility index (Phi) is 3.42. The molecule has 1 aliphatic heterocycles. The maximum atomic E-state index is 12.4. The van der Waals surface area contributed by atoms with Crippen molar-refractivity contribution in [1.82, 2.24) is 0 Å². The second-order valence-electron chi connectivity index (χ2n) is 5.60. The number of ether oxygens (including phenoxy) is 1. The fourth-order valence-electron chi connectivity index (χ4n) is 2.84. The van der Waals surface area contributed by atoms with Gasteiger partial charge in [-0.3, -0.25) is 14.4 Å². The van der Waals surface area contributed by atoms with Crippen LogP contribution in [0.15, 0.2) is 23.0 Å². The number of hydrogen-bond acceptors (Lipinski definition) is 5. The summed E-state index contributed by atoms with van der Waals surface area (Å²) in [5.41, 5.74) is -1.12. The van der Waals surface area contributed by atoms with E-state index in [4.69, 9.17) is 4.74 Å². The van der Waals surface area contributed by atoms with Gasteiger partial charge in [0.25, 0.3) is 0 Å². The van der Waals surface area contributed by atoms with Crippen LogP contribution in [0.3, 0.4) is 0 Å². The highest BCUT2D eigenvalue weighted by Gasteiger charge is 2.52. The molecule has 2 aliphatic rings. The summed E-state index contributed by atoms with van der Waals surface area (Å²) in [5.74, 6) is -1.95. The summed E-state index contributed by atoms with van der Waals surface area (Å²) in [7, 11) is 0. The molecule has 0 radical (unpaired) electrons. The average Bonchev–Trinajstić information content (AvgIpc) is 2.37. The Hall–Kier alpha value is -1.75. The van der Waals surface area contributed by atoms with Crippen molar-refractivity contribution in [1.29, 1.82) is 0 Å². The number of rotatable bonds is 2. The minimum absolute atomic E-state index is 0.121. The third kappa shape index (κ3) is 1.93. The molecule has 0 fully saturated rings. The van der Waals surface area contributed by atoms with Gasteiger partial charge in [-0.2, -0.15) is 0 Å². The molecule has 1 aliphatic carbocycles. The molecule has 5 heteroatoms. The smallest absolute Gasteiger partial charge is 0.206 e. The van der Waals surface area contributed by atoms with E-state index < -0.39 is 29.4 Å². The fourth-order valence-corrected chi connectivity index (χ4v) is 2.84. The zero-order valence-corrected chi connectivity index (χ0v) is 12.0. The van der Waals surface area contributed by atoms with Gasteiger partial charge in [-0.25, -0.2) is 0 Å². The molecule has 20 heavy (non-hydrogen) atoms. The SMILES string of the molecule is CC(=O)CC1(O)C(=O)C2=COC(C)C(C)C2=C(C)C1=O. The largest absolute Gasteiger partial charge is 0.497 e. The summed E-state index contributed by atoms with van der Waals surface area (Å²) in [6.45, 7) is 6.54. The van der Waals surface area contributed by atoms with E-state index in [9.17, 15) is 19.5 Å². The van der Waals surface area contributed by atoms with Crippen LogP contribution in [0.2, 0.25) is 0 Å². The summed E-state index contributed by atoms with van der Waals surface area (Å²) >= 11 is 0. The summed E-state index contributed by atoms with van der Waals surface area (Å²) in [4.78, 5) is 36.0. The molecular formula is C15H18O5. The van der Waals surface area contributed by atoms with E-state index in [1.165, 1.54) is 13.2 Å². The summed E-state index contributed by atoms with van der Waals surface area (Å²) in [6.07, 6.45) is 0.642. The van der Waals surface area contributed by atoms with Crippen molar-refractivity contribution in [3.05, 3.63) is 23.0 Å². The minimum atomic E-state index is -2.28. The van der Waals surface area contributed by atoms with Gasteiger partial charge in [-0.1, -0.05) is 6.92 Å². The van der Waals surface area contributed by atoms with Gasteiger partial charge in [-0.05, 0) is 26.3 Å². The highest BCUT2D eigenvalue weighted by atomic mass is 16.5. The lowest BCUT2D eigenvalue weighted by Gasteiger charge is -2.38. The molecule has 108 valence electrons. The molecule has 1 N–H and O–H groups in total. The van der Waals surface area contributed by atoms with Crippen LogP contribution in [-0.4, -0.2) is 34.2 Å². The molecule has 0 bridgehead atoms. The first kappa shape index (κ1) is 14.7. The van der Waals surface area contributed by atoms with Crippen molar-refractivity contribution in [2.24, 2.45) is 5.92 Å². The van der Waals surface area contributed by atoms with E-state index in [1.54, 1.807) is 6.92 Å². The number of ketones is 3. The van der Waals surface area contributed by atoms with Gasteiger partial charge in [0, 0.05) is 17.9 Å². The first-order valence-electron chi connectivity index (χ1n) is 6.58. The zero-order chi connectivity index (χ0) is 15.2. The fraction of sp³-hybridized carbons (Fsp3) is 0.533. The molecule has 0 saturated heterocycles. The monoisotopic (exact) mass is 278 g/mol. The van der Waals surface area contributed by atoms with Crippen molar-refractivity contribution in [3.8, 4) is 0 Å². The van der Waals surface area contributed by atoms with Crippen LogP contribution >= 0.6 is 0 Å². The molecule has 5 nitrogen and oxygen atoms in total. The molecule has 0 aromatic rings. The molecule has 0 aromatic heterocycles. The van der Waals surface area contributed by atoms with Crippen molar-refractivity contribution in [2.45, 2.75) is 45.8 Å². The highest BCUT2D eigenvalue weighted by Crippen LogP contribution is 2.40. The number of Topliss-reactive ketones (excluding diaryl/α,β-unsaturated/α-hetero) is 3. The number of fused-ring (bicyclic) bond motifs is 1. The van der Waals surface area contributed by atoms with Crippen LogP contribution in [0.25, 0.3) is 0 Å². The van der Waals surface area contributed by atoms with E-state index in [1.807, 2.05) is 13.8 Å². The van der Waals surface area contributed by atoms with Crippen molar-refractivity contribution < 1.29 is 24.2 Å². The van der Waals surface area contributed by atoms with Gasteiger partial charge in [0.1, 0.15) is 11.9 Å². The van der Waals surface area contributed by atoms with E-state index in [-0.39, 0.29) is 17.6 Å². The Morgan fingerprint density at radius 3 is 2.50 bits per heavy atom. The number of hydrogen-bond donors (Lipinski definition) is 1. The Balaban J connectivity index is 2.60. The van der Waals surface area contributed by atoms with Gasteiger partial charge in [0.2, 0.25) is 5.78 Å². The van der Waals surface area contributed by atoms with Gasteiger partial charge >= 0.3 is 0 Å². The summed E-state index contributed by atoms with van der Waals surface area (Å²) in [6, 6.07) is 0. The van der Waals surface area contributed by atoms with Crippen LogP contribution in [0, 0.1) is 5.92 Å². The van der Waals surface area contributed by atoms with Crippen LogP contribution in [0.5, 0.6) is 0 Å². The number of carbonyl (C=O) groups excluding carboxylic acids is 3. The van der Waals surface area contributed by atoms with E-state index in [0.29, 0.717) is 11.1 Å². The van der Waals surface area contributed by atoms with E-state index >= 15 is 0 Å². The molecule has 3 unspecified atom stereocenters. The van der Waals surface area contributed by atoms with E-state index in [2.05, 4.69) is 0 Å². The van der Waals surface area contributed by atoms with Gasteiger partial charge in [-0.15, -0.1) is 0 Å². The molecule has 0 saturated carbocycles. The first-order valence-corrected chi connectivity index (χ1v) is 6.58. The topological polar surface area (TPSA) is 80.7 Å². The minimum Gasteiger partial charge on any atom is -0.497 e. The number of carbonyl (C=O) groups is 3. The van der Waals surface area contributed by atoms with Crippen LogP contribution in [0.1, 0.15) is 34.1 Å². The molecule has 0 spiro atoms. The second kappa shape index (κ2) is 4.66. The van der Waals surface area contributed by atoms with Crippen molar-refractivity contribution >= 4 is 17.3 Å². The third-order valence-corrected chi connectivity index (χ3v) is 4.10. The van der Waals surface area contributed by atoms with Crippen LogP contribution in [0.4, 0.5) is 0 Å². The molecule has 3 atom stereocenters. The Morgan fingerprint density at radius 1 is 1.35 bits per heavy atom. The Labute approximate surface area is 117 Å². The lowest BCUT2D eigenvalue weighted by atomic mass is 9.69. The number of aliphatic hydroxyl groups is 1. The van der Waals surface area contributed by atoms with Crippen LogP contribution in [-0.2, 0) is 19.1 Å². The van der Waals surface area contributed by atoms with Gasteiger partial charge in [0.15, 0.2) is 11.4 Å². The van der Waals surface area contributed by atoms with E-state index in [0.717, 1.165) is 0 Å². The van der Waals surface area contributed by atoms with Gasteiger partial charge in [0.05, 0.1) is 11.8 Å². The van der Waals surface area contributed by atoms with Crippen molar-refractivity contribution in [2.75, 3.05) is 0 Å². The van der Waals surface area contributed by atoms with Crippen molar-refractivity contribution in [3.63, 3.8) is 0 Å². The highest BCUT2D eigenvalue weighted by molar-refractivity contribution is 6.28. The third-order valence-electron chi connectivity index (χ3n) is 4.10. The maximum absolute atomic E-state index is 12.4. The predicted octanol–water partition coefficient (Wildman–Crippen LogP) is 1.10. The zero-order valence-electron chi connectivity index (χ0n) is 12.0. The molecule has 0 amide bonds. The Bertz CT molecular complexity index is 547. The van der Waals surface area contributed by atoms with Gasteiger partial charge < -0.3 is 9.84 Å². The average molecular weight is 278 g/mol. The normalized spacial score (nSPS) is 33.5. The first-order chi connectivity index (χ1) is 9.20. The summed E-state index contributed by atoms with van der Waals surface area (Å²) in [5, 5.41) is 10.4. The molecule has 2 rings (SSSR count). The molecular weight excluding hydrogens is 260 g/mol. The van der Waals surface area contributed by atoms with Crippen LogP contribution < -0.4 is 0 Å². The molecule has 0 aromatic carbocycles. The lowest BCUT2D eigenvalue weighted by Crippen LogP contribution is -2.53. The lowest BCUT2D eigenvalue weighted by molar-refractivity contribution is -0.151. The standard InChI is InChI=1S/C15H18O5/c1-7(16)5-15(19)13(17)9(3)12-8(2)10(4)20-6-11(12)14(15)18/h6,8,10,19H,5H2,1-4H3. The molecule has 1 heterocycles. The Morgan fingerprint density at radius 2 is 1.95 bits per heavy atom. The second-order valence-corrected chi connectivity index (χ2v) is 5.60.